The number of hydrogen-bond acceptors (Lipinski definition) is 4. The molecule has 0 saturated carbocycles. The van der Waals surface area contributed by atoms with Gasteiger partial charge in [0.2, 0.25) is 0 Å². The molecule has 6 nitrogen and oxygen atoms in total. The number of aliphatic hydroxyl groups is 1. The maximum atomic E-state index is 14.8. The molecule has 0 aliphatic rings. The van der Waals surface area contributed by atoms with Gasteiger partial charge in [-0.1, -0.05) is 86.1 Å². The Kier molecular flexibility index (Phi) is 17.0. The van der Waals surface area contributed by atoms with E-state index in [1.165, 1.54) is 6.07 Å². The highest BCUT2D eigenvalue weighted by atomic mass is 19.1. The number of H-pyrrole nitrogens is 1. The van der Waals surface area contributed by atoms with Gasteiger partial charge in [0.1, 0.15) is 11.5 Å². The van der Waals surface area contributed by atoms with Crippen LogP contribution in [0.3, 0.4) is 0 Å². The number of nitrogens with one attached hydrogen (secondary N) is 1. The Morgan fingerprint density at radius 2 is 1.60 bits per heavy atom. The summed E-state index contributed by atoms with van der Waals surface area (Å²) in [5.74, 6) is -0.907. The minimum Gasteiger partial charge on any atom is -0.461 e. The van der Waals surface area contributed by atoms with Crippen LogP contribution in [0.1, 0.15) is 96.4 Å². The van der Waals surface area contributed by atoms with E-state index < -0.39 is 5.97 Å². The van der Waals surface area contributed by atoms with Gasteiger partial charge >= 0.3 is 5.97 Å². The molecule has 7 heteroatoms. The Morgan fingerprint density at radius 1 is 0.976 bits per heavy atom. The quantitative estimate of drug-likeness (QED) is 0.231. The van der Waals surface area contributed by atoms with Crippen molar-refractivity contribution in [1.29, 1.82) is 0 Å². The Hall–Kier alpha value is -3.71. The van der Waals surface area contributed by atoms with Crippen molar-refractivity contribution in [2.75, 3.05) is 13.7 Å². The molecule has 0 spiro atoms. The zero-order chi connectivity index (χ0) is 32.6. The van der Waals surface area contributed by atoms with Crippen molar-refractivity contribution in [3.8, 4) is 11.1 Å². The lowest BCUT2D eigenvalue weighted by atomic mass is 9.86. The van der Waals surface area contributed by atoms with Crippen molar-refractivity contribution in [3.63, 3.8) is 0 Å². The maximum Gasteiger partial charge on any atom is 0.355 e. The molecule has 0 amide bonds. The van der Waals surface area contributed by atoms with E-state index in [1.54, 1.807) is 42.0 Å². The lowest BCUT2D eigenvalue weighted by Crippen LogP contribution is -2.16. The van der Waals surface area contributed by atoms with Gasteiger partial charge in [0.05, 0.1) is 13.2 Å². The summed E-state index contributed by atoms with van der Waals surface area (Å²) in [6.45, 7) is 22.2. The van der Waals surface area contributed by atoms with Crippen LogP contribution in [-0.2, 0) is 16.7 Å². The first-order chi connectivity index (χ1) is 20.1. The number of carbonyl (C=O) groups is 1. The van der Waals surface area contributed by atoms with Crippen LogP contribution in [0.2, 0.25) is 0 Å². The fraction of sp³-hybridized carbons (Fsp3) is 0.429. The van der Waals surface area contributed by atoms with Crippen LogP contribution in [0.4, 0.5) is 4.39 Å². The molecule has 2 heterocycles. The summed E-state index contributed by atoms with van der Waals surface area (Å²) in [5.41, 5.74) is 3.80. The van der Waals surface area contributed by atoms with Gasteiger partial charge in [-0.3, -0.25) is 4.79 Å². The summed E-state index contributed by atoms with van der Waals surface area (Å²) >= 11 is 0. The molecule has 0 unspecified atom stereocenters. The van der Waals surface area contributed by atoms with Gasteiger partial charge in [-0.2, -0.15) is 0 Å². The van der Waals surface area contributed by atoms with E-state index in [9.17, 15) is 14.0 Å². The molecule has 0 fully saturated rings. The van der Waals surface area contributed by atoms with E-state index in [0.717, 1.165) is 29.1 Å². The van der Waals surface area contributed by atoms with Gasteiger partial charge in [0.25, 0.3) is 5.56 Å². The molecule has 0 aliphatic carbocycles. The molecule has 232 valence electrons. The predicted molar refractivity (Wildman–Crippen MR) is 175 cm³/mol. The number of benzene rings is 2. The molecule has 2 aromatic heterocycles. The van der Waals surface area contributed by atoms with E-state index >= 15 is 0 Å². The van der Waals surface area contributed by atoms with Crippen LogP contribution >= 0.6 is 0 Å². The number of rotatable bonds is 5. The monoisotopic (exact) mass is 582 g/mol. The fourth-order valence-corrected chi connectivity index (χ4v) is 4.28. The summed E-state index contributed by atoms with van der Waals surface area (Å²) in [5, 5.41) is 7.75. The third kappa shape index (κ3) is 9.15. The van der Waals surface area contributed by atoms with Crippen molar-refractivity contribution in [2.45, 2.75) is 88.1 Å². The molecule has 0 aliphatic heterocycles. The predicted octanol–water partition coefficient (Wildman–Crippen LogP) is 8.65. The Balaban J connectivity index is 0.00000194. The zero-order valence-electron chi connectivity index (χ0n) is 27.6. The van der Waals surface area contributed by atoms with Gasteiger partial charge in [-0.05, 0) is 55.2 Å². The Bertz CT molecular complexity index is 1450. The lowest BCUT2D eigenvalue weighted by Gasteiger charge is -2.19. The number of aryl methyl sites for hydroxylation is 1. The minimum atomic E-state index is -0.553. The number of carbonyl (C=O) groups excluding carboxylic acids is 1. The van der Waals surface area contributed by atoms with Crippen LogP contribution in [0.5, 0.6) is 0 Å². The maximum absolute atomic E-state index is 14.8. The zero-order valence-corrected chi connectivity index (χ0v) is 27.6. The summed E-state index contributed by atoms with van der Waals surface area (Å²) in [6.07, 6.45) is 1.55. The molecule has 4 aromatic rings. The van der Waals surface area contributed by atoms with Crippen molar-refractivity contribution in [1.82, 2.24) is 9.55 Å². The Morgan fingerprint density at radius 3 is 2.14 bits per heavy atom. The lowest BCUT2D eigenvalue weighted by molar-refractivity contribution is 0.0516. The number of aromatic nitrogens is 2. The third-order valence-corrected chi connectivity index (χ3v) is 6.02. The second-order valence-corrected chi connectivity index (χ2v) is 9.52. The first kappa shape index (κ1) is 38.3. The van der Waals surface area contributed by atoms with Crippen LogP contribution in [0, 0.1) is 12.7 Å². The number of aliphatic hydroxyl groups excluding tert-OH is 1. The average molecular weight is 583 g/mol. The number of fused-ring (bicyclic) bond motifs is 1. The summed E-state index contributed by atoms with van der Waals surface area (Å²) in [7, 11) is 1.00. The highest BCUT2D eigenvalue weighted by molar-refractivity contribution is 6.09. The fourth-order valence-electron chi connectivity index (χ4n) is 4.28. The van der Waals surface area contributed by atoms with E-state index in [2.05, 4.69) is 25.8 Å². The van der Waals surface area contributed by atoms with Gasteiger partial charge in [0.15, 0.2) is 0 Å². The topological polar surface area (TPSA) is 84.3 Å². The number of nitrogens with zero attached hydrogens (tertiary/aromatic N) is 1. The SMILES string of the molecule is CC.CC.CC.CCOC(=O)c1c(-c2ccc[nH]c2=O)c2cc(C(C)(C)C)ccc2n1Cc1cc(C)ccc1F.CO. The number of aromatic amines is 1. The standard InChI is InChI=1S/C28H29FN2O3.3C2H6.CH4O/c1-6-34-27(33)25-24(20-8-7-13-30-26(20)32)21-15-19(28(3,4)5)10-12-23(21)31(25)16-18-14-17(2)9-11-22(18)29;4*1-2/h7-15H,6,16H2,1-5H3,(H,30,32);3*1-2H3;2H,1H3. The largest absolute Gasteiger partial charge is 0.461 e. The number of hydrogen-bond donors (Lipinski definition) is 2. The summed E-state index contributed by atoms with van der Waals surface area (Å²) in [4.78, 5) is 28.9. The molecular formula is C35H51FN2O4. The second-order valence-electron chi connectivity index (χ2n) is 9.52. The van der Waals surface area contributed by atoms with Gasteiger partial charge in [-0.15, -0.1) is 0 Å². The van der Waals surface area contributed by atoms with Crippen molar-refractivity contribution in [2.24, 2.45) is 0 Å². The number of halogens is 1. The average Bonchev–Trinajstić information content (AvgIpc) is 3.32. The minimum absolute atomic E-state index is 0.123. The molecule has 0 saturated heterocycles. The molecule has 4 rings (SSSR count). The van der Waals surface area contributed by atoms with E-state index in [-0.39, 0.29) is 35.6 Å². The summed E-state index contributed by atoms with van der Waals surface area (Å²) in [6, 6.07) is 14.3. The highest BCUT2D eigenvalue weighted by Crippen LogP contribution is 2.37. The second kappa shape index (κ2) is 18.7. The summed E-state index contributed by atoms with van der Waals surface area (Å²) < 4.78 is 22.0. The molecule has 2 aromatic carbocycles. The Labute approximate surface area is 251 Å². The first-order valence-electron chi connectivity index (χ1n) is 14.8. The van der Waals surface area contributed by atoms with Crippen LogP contribution in [-0.4, -0.2) is 34.3 Å². The van der Waals surface area contributed by atoms with Gasteiger partial charge in [-0.25, -0.2) is 9.18 Å². The van der Waals surface area contributed by atoms with E-state index in [4.69, 9.17) is 9.84 Å². The molecular weight excluding hydrogens is 531 g/mol. The molecule has 0 radical (unpaired) electrons. The van der Waals surface area contributed by atoms with Crippen LogP contribution in [0.15, 0.2) is 59.5 Å². The third-order valence-electron chi connectivity index (χ3n) is 6.02. The molecule has 42 heavy (non-hydrogen) atoms. The van der Waals surface area contributed by atoms with Crippen molar-refractivity contribution < 1.29 is 19.0 Å². The van der Waals surface area contributed by atoms with Gasteiger partial charge in [0, 0.05) is 40.9 Å². The number of esters is 1. The van der Waals surface area contributed by atoms with Crippen molar-refractivity contribution in [3.05, 3.63) is 93.3 Å². The smallest absolute Gasteiger partial charge is 0.355 e. The highest BCUT2D eigenvalue weighted by Gasteiger charge is 2.28. The number of pyridine rings is 1. The van der Waals surface area contributed by atoms with Gasteiger partial charge < -0.3 is 19.4 Å². The van der Waals surface area contributed by atoms with Crippen LogP contribution < -0.4 is 5.56 Å². The molecule has 2 N–H and O–H groups in total. The number of ether oxygens (including phenoxy) is 1. The van der Waals surface area contributed by atoms with E-state index in [0.29, 0.717) is 16.7 Å². The van der Waals surface area contributed by atoms with E-state index in [1.807, 2.05) is 66.7 Å². The molecule has 0 bridgehead atoms. The normalized spacial score (nSPS) is 10.0. The van der Waals surface area contributed by atoms with Crippen LogP contribution in [0.25, 0.3) is 22.0 Å². The molecule has 0 atom stereocenters. The first-order valence-corrected chi connectivity index (χ1v) is 14.8. The van der Waals surface area contributed by atoms with Crippen molar-refractivity contribution >= 4 is 16.9 Å².